The van der Waals surface area contributed by atoms with Crippen molar-refractivity contribution in [2.75, 3.05) is 13.7 Å². The topological polar surface area (TPSA) is 85.4 Å². The number of carbonyl (C=O) groups is 1. The third-order valence-electron chi connectivity index (χ3n) is 4.82. The molecule has 1 amide bonds. The first-order valence-electron chi connectivity index (χ1n) is 8.72. The number of amides is 1. The summed E-state index contributed by atoms with van der Waals surface area (Å²) in [6, 6.07) is 8.94. The van der Waals surface area contributed by atoms with Gasteiger partial charge in [-0.3, -0.25) is 9.48 Å². The van der Waals surface area contributed by atoms with E-state index in [1.165, 1.54) is 0 Å². The van der Waals surface area contributed by atoms with Crippen LogP contribution in [0, 0.1) is 0 Å². The summed E-state index contributed by atoms with van der Waals surface area (Å²) in [5.41, 5.74) is 2.06. The van der Waals surface area contributed by atoms with Crippen molar-refractivity contribution in [3.05, 3.63) is 65.5 Å². The van der Waals surface area contributed by atoms with Gasteiger partial charge in [-0.05, 0) is 30.3 Å². The van der Waals surface area contributed by atoms with E-state index in [1.54, 1.807) is 53.2 Å². The maximum absolute atomic E-state index is 12.8. The van der Waals surface area contributed by atoms with Crippen molar-refractivity contribution < 1.29 is 14.6 Å². The molecule has 0 spiro atoms. The van der Waals surface area contributed by atoms with Crippen molar-refractivity contribution in [3.63, 3.8) is 0 Å². The summed E-state index contributed by atoms with van der Waals surface area (Å²) in [5.74, 6) is 1.23. The van der Waals surface area contributed by atoms with Gasteiger partial charge in [0.05, 0.1) is 31.6 Å². The highest BCUT2D eigenvalue weighted by atomic mass is 16.5. The number of rotatable bonds is 4. The van der Waals surface area contributed by atoms with Gasteiger partial charge in [0.1, 0.15) is 11.6 Å². The summed E-state index contributed by atoms with van der Waals surface area (Å²) in [6.45, 7) is 1.60. The van der Waals surface area contributed by atoms with E-state index in [1.807, 2.05) is 17.8 Å². The number of ether oxygens (including phenoxy) is 1. The molecule has 0 saturated carbocycles. The van der Waals surface area contributed by atoms with Crippen LogP contribution in [0.25, 0.3) is 0 Å². The lowest BCUT2D eigenvalue weighted by Crippen LogP contribution is -2.38. The van der Waals surface area contributed by atoms with Crippen LogP contribution in [0.5, 0.6) is 5.75 Å². The van der Waals surface area contributed by atoms with Gasteiger partial charge in [0.25, 0.3) is 5.91 Å². The SMILES string of the molecule is COc1ccc(C(=O)N2CCn3nc([C@H](O)c4nccn4C)cc3C2)cc1. The molecule has 1 aliphatic heterocycles. The summed E-state index contributed by atoms with van der Waals surface area (Å²) < 4.78 is 8.75. The van der Waals surface area contributed by atoms with E-state index in [0.717, 1.165) is 11.4 Å². The van der Waals surface area contributed by atoms with Gasteiger partial charge >= 0.3 is 0 Å². The van der Waals surface area contributed by atoms with Crippen LogP contribution in [-0.4, -0.2) is 48.9 Å². The van der Waals surface area contributed by atoms with Gasteiger partial charge < -0.3 is 19.3 Å². The van der Waals surface area contributed by atoms with Crippen molar-refractivity contribution in [1.82, 2.24) is 24.2 Å². The van der Waals surface area contributed by atoms with Gasteiger partial charge in [-0.15, -0.1) is 0 Å². The van der Waals surface area contributed by atoms with E-state index in [9.17, 15) is 9.90 Å². The van der Waals surface area contributed by atoms with Gasteiger partial charge in [-0.2, -0.15) is 5.10 Å². The second-order valence-corrected chi connectivity index (χ2v) is 6.54. The lowest BCUT2D eigenvalue weighted by atomic mass is 10.1. The molecule has 0 bridgehead atoms. The number of imidazole rings is 1. The molecule has 0 saturated heterocycles. The van der Waals surface area contributed by atoms with Crippen LogP contribution < -0.4 is 4.74 Å². The first-order valence-corrected chi connectivity index (χ1v) is 8.72. The summed E-state index contributed by atoms with van der Waals surface area (Å²) >= 11 is 0. The molecule has 1 aromatic carbocycles. The fraction of sp³-hybridized carbons (Fsp3) is 0.316. The lowest BCUT2D eigenvalue weighted by Gasteiger charge is -2.27. The quantitative estimate of drug-likeness (QED) is 0.753. The molecule has 1 atom stereocenters. The normalized spacial score (nSPS) is 14.7. The van der Waals surface area contributed by atoms with E-state index in [2.05, 4.69) is 10.1 Å². The second kappa shape index (κ2) is 6.88. The lowest BCUT2D eigenvalue weighted by molar-refractivity contribution is 0.0705. The average molecular weight is 367 g/mol. The number of hydrogen-bond acceptors (Lipinski definition) is 5. The Labute approximate surface area is 156 Å². The molecule has 1 N–H and O–H groups in total. The Bertz CT molecular complexity index is 960. The standard InChI is InChI=1S/C19H21N5O3/c1-22-8-7-20-18(22)17(25)16-11-14-12-23(9-10-24(14)21-16)19(26)13-3-5-15(27-2)6-4-13/h3-8,11,17,25H,9-10,12H2,1-2H3/t17-/m0/s1. The Morgan fingerprint density at radius 3 is 2.70 bits per heavy atom. The highest BCUT2D eigenvalue weighted by molar-refractivity contribution is 5.94. The molecule has 8 nitrogen and oxygen atoms in total. The third kappa shape index (κ3) is 3.19. The molecule has 3 heterocycles. The minimum absolute atomic E-state index is 0.0312. The van der Waals surface area contributed by atoms with Crippen LogP contribution in [0.1, 0.15) is 33.7 Å². The molecule has 1 aliphatic rings. The summed E-state index contributed by atoms with van der Waals surface area (Å²) in [5, 5.41) is 15.1. The van der Waals surface area contributed by atoms with Crippen LogP contribution in [0.3, 0.4) is 0 Å². The predicted molar refractivity (Wildman–Crippen MR) is 97.2 cm³/mol. The van der Waals surface area contributed by atoms with Gasteiger partial charge in [0.2, 0.25) is 0 Å². The first kappa shape index (κ1) is 17.3. The molecule has 8 heteroatoms. The van der Waals surface area contributed by atoms with Crippen LogP contribution in [-0.2, 0) is 20.1 Å². The van der Waals surface area contributed by atoms with Crippen molar-refractivity contribution in [2.45, 2.75) is 19.2 Å². The second-order valence-electron chi connectivity index (χ2n) is 6.54. The number of aliphatic hydroxyl groups excluding tert-OH is 1. The fourth-order valence-electron chi connectivity index (χ4n) is 3.28. The maximum atomic E-state index is 12.8. The van der Waals surface area contributed by atoms with Gasteiger partial charge in [-0.1, -0.05) is 0 Å². The number of aromatic nitrogens is 4. The number of carbonyl (C=O) groups excluding carboxylic acids is 1. The summed E-state index contributed by atoms with van der Waals surface area (Å²) in [6.07, 6.45) is 2.53. The highest BCUT2D eigenvalue weighted by Crippen LogP contribution is 2.23. The number of hydrogen-bond donors (Lipinski definition) is 1. The molecule has 27 heavy (non-hydrogen) atoms. The minimum atomic E-state index is -0.895. The molecule has 0 fully saturated rings. The molecule has 0 unspecified atom stereocenters. The van der Waals surface area contributed by atoms with Crippen molar-refractivity contribution >= 4 is 5.91 Å². The van der Waals surface area contributed by atoms with Crippen molar-refractivity contribution in [3.8, 4) is 5.75 Å². The highest BCUT2D eigenvalue weighted by Gasteiger charge is 2.26. The summed E-state index contributed by atoms with van der Waals surface area (Å²) in [4.78, 5) is 18.7. The van der Waals surface area contributed by atoms with E-state index in [4.69, 9.17) is 4.74 Å². The van der Waals surface area contributed by atoms with Crippen LogP contribution in [0.2, 0.25) is 0 Å². The summed E-state index contributed by atoms with van der Waals surface area (Å²) in [7, 11) is 3.43. The van der Waals surface area contributed by atoms with Crippen LogP contribution in [0.4, 0.5) is 0 Å². The largest absolute Gasteiger partial charge is 0.497 e. The maximum Gasteiger partial charge on any atom is 0.254 e. The molecule has 0 aliphatic carbocycles. The van der Waals surface area contributed by atoms with E-state index in [-0.39, 0.29) is 5.91 Å². The number of methoxy groups -OCH3 is 1. The molecule has 3 aromatic rings. The van der Waals surface area contributed by atoms with E-state index in [0.29, 0.717) is 36.7 Å². The molecular formula is C19H21N5O3. The van der Waals surface area contributed by atoms with E-state index < -0.39 is 6.10 Å². The average Bonchev–Trinajstić information content (AvgIpc) is 3.32. The van der Waals surface area contributed by atoms with Gasteiger partial charge in [0.15, 0.2) is 6.10 Å². The smallest absolute Gasteiger partial charge is 0.254 e. The Morgan fingerprint density at radius 2 is 2.04 bits per heavy atom. The zero-order valence-electron chi connectivity index (χ0n) is 15.2. The first-order chi connectivity index (χ1) is 13.1. The molecule has 2 aromatic heterocycles. The number of aryl methyl sites for hydroxylation is 1. The molecule has 0 radical (unpaired) electrons. The number of aliphatic hydroxyl groups is 1. The third-order valence-corrected chi connectivity index (χ3v) is 4.82. The molecular weight excluding hydrogens is 346 g/mol. The zero-order chi connectivity index (χ0) is 19.0. The Hall–Kier alpha value is -3.13. The number of fused-ring (bicyclic) bond motifs is 1. The Kier molecular flexibility index (Phi) is 4.41. The number of nitrogens with zero attached hydrogens (tertiary/aromatic N) is 5. The monoisotopic (exact) mass is 367 g/mol. The Balaban J connectivity index is 1.52. The molecule has 4 rings (SSSR count). The predicted octanol–water partition coefficient (Wildman–Crippen LogP) is 1.36. The van der Waals surface area contributed by atoms with Crippen molar-refractivity contribution in [2.24, 2.45) is 7.05 Å². The van der Waals surface area contributed by atoms with Gasteiger partial charge in [-0.25, -0.2) is 4.98 Å². The molecule has 140 valence electrons. The van der Waals surface area contributed by atoms with Gasteiger partial charge in [0, 0.05) is 31.5 Å². The van der Waals surface area contributed by atoms with E-state index >= 15 is 0 Å². The Morgan fingerprint density at radius 1 is 1.26 bits per heavy atom. The number of benzene rings is 1. The van der Waals surface area contributed by atoms with Crippen LogP contribution in [0.15, 0.2) is 42.7 Å². The zero-order valence-corrected chi connectivity index (χ0v) is 15.2. The van der Waals surface area contributed by atoms with Crippen molar-refractivity contribution in [1.29, 1.82) is 0 Å². The fourth-order valence-corrected chi connectivity index (χ4v) is 3.28. The minimum Gasteiger partial charge on any atom is -0.497 e. The van der Waals surface area contributed by atoms with Crippen LogP contribution >= 0.6 is 0 Å².